The maximum Gasteiger partial charge on any atom is 0.246 e. The van der Waals surface area contributed by atoms with Gasteiger partial charge in [-0.15, -0.1) is 0 Å². The van der Waals surface area contributed by atoms with E-state index in [-0.39, 0.29) is 103 Å². The molecule has 2 aromatic heterocycles. The number of aromatic nitrogens is 2. The molecule has 9 rings (SSSR count). The van der Waals surface area contributed by atoms with Gasteiger partial charge in [0.25, 0.3) is 0 Å². The topological polar surface area (TPSA) is 141 Å². The fraction of sp³-hybridized carbons (Fsp3) is 0.0526. The molecule has 0 aliphatic rings. The molecule has 0 saturated heterocycles. The maximum atomic E-state index is 11.8. The number of nitrogens with zero attached hydrogens (tertiary/aromatic N) is 2. The van der Waals surface area contributed by atoms with Gasteiger partial charge in [-0.3, -0.25) is 33.8 Å². The van der Waals surface area contributed by atoms with Crippen LogP contribution in [0.1, 0.15) is 81.4 Å². The maximum absolute atomic E-state index is 11.8. The predicted molar refractivity (Wildman–Crippen MR) is 256 cm³/mol. The Morgan fingerprint density at radius 3 is 0.866 bits per heavy atom. The Morgan fingerprint density at radius 2 is 0.597 bits per heavy atom. The number of ketones is 6. The third-order valence-electron chi connectivity index (χ3n) is 9.72. The molecular weight excluding hydrogens is 977 g/mol. The van der Waals surface area contributed by atoms with E-state index in [1.54, 1.807) is 152 Å². The number of benzene rings is 7. The average molecular weight is 1020 g/mol. The molecule has 1 radical (unpaired) electrons. The molecule has 9 nitrogen and oxygen atoms in total. The van der Waals surface area contributed by atoms with Gasteiger partial charge in [-0.25, -0.2) is 4.98 Å². The molecule has 7 aromatic carbocycles. The van der Waals surface area contributed by atoms with Gasteiger partial charge < -0.3 is 4.42 Å². The number of carbonyl (C=O) groups is 6. The van der Waals surface area contributed by atoms with Crippen LogP contribution in [0.3, 0.4) is 0 Å². The number of rotatable bonds is 13. The minimum Gasteiger partial charge on any atom is -0.435 e. The molecule has 0 bridgehead atoms. The fourth-order valence-electron chi connectivity index (χ4n) is 6.27. The van der Waals surface area contributed by atoms with Crippen LogP contribution in [0.5, 0.6) is 0 Å². The van der Waals surface area contributed by atoms with Crippen molar-refractivity contribution in [3.63, 3.8) is 0 Å². The molecule has 9 aromatic rings. The summed E-state index contributed by atoms with van der Waals surface area (Å²) in [5, 5.41) is 0. The molecule has 2 heterocycles. The summed E-state index contributed by atoms with van der Waals surface area (Å²) in [4.78, 5) is 79.4. The van der Waals surface area contributed by atoms with E-state index in [1.165, 1.54) is 0 Å². The van der Waals surface area contributed by atoms with Gasteiger partial charge in [0.05, 0.1) is 19.3 Å². The van der Waals surface area contributed by atoms with Crippen molar-refractivity contribution in [1.82, 2.24) is 9.97 Å². The first-order valence-corrected chi connectivity index (χ1v) is 21.0. The van der Waals surface area contributed by atoms with E-state index in [4.69, 9.17) is 4.42 Å². The Morgan fingerprint density at radius 1 is 0.328 bits per heavy atom. The van der Waals surface area contributed by atoms with E-state index in [9.17, 15) is 28.8 Å². The van der Waals surface area contributed by atoms with Gasteiger partial charge in [-0.2, -0.15) is 0 Å². The summed E-state index contributed by atoms with van der Waals surface area (Å²) in [5.74, 6) is -0.270. The van der Waals surface area contributed by atoms with Crippen LogP contribution in [0.4, 0.5) is 0 Å². The standard InChI is InChI=1S/3C15H12O2.C12H8N2O.Eu/c3*16-14(12-7-3-1-4-8-12)11-15(17)13-9-5-2-6-10-13;1-2-7-11-9(5-1)14-12(15-11)10-6-3-4-8-13-10;/h3*1-10H,11H2;1-8H;. The average Bonchev–Trinajstić information content (AvgIpc) is 3.83. The minimum absolute atomic E-state index is 0. The molecule has 0 N–H and O–H groups in total. The zero-order valence-electron chi connectivity index (χ0n) is 36.2. The van der Waals surface area contributed by atoms with Crippen LogP contribution in [0.15, 0.2) is 235 Å². The van der Waals surface area contributed by atoms with Crippen LogP contribution < -0.4 is 0 Å². The van der Waals surface area contributed by atoms with E-state index < -0.39 is 0 Å². The smallest absolute Gasteiger partial charge is 0.246 e. The molecule has 0 fully saturated rings. The Kier molecular flexibility index (Phi) is 20.7. The van der Waals surface area contributed by atoms with E-state index in [2.05, 4.69) is 9.97 Å². The van der Waals surface area contributed by atoms with Crippen LogP contribution in [-0.4, -0.2) is 44.7 Å². The van der Waals surface area contributed by atoms with Gasteiger partial charge in [0.1, 0.15) is 11.2 Å². The van der Waals surface area contributed by atoms with Gasteiger partial charge in [-0.1, -0.05) is 200 Å². The second-order valence-electron chi connectivity index (χ2n) is 14.5. The molecule has 0 saturated carbocycles. The molecule has 0 amide bonds. The minimum atomic E-state index is -0.139. The van der Waals surface area contributed by atoms with Gasteiger partial charge in [0.15, 0.2) is 40.3 Å². The summed E-state index contributed by atoms with van der Waals surface area (Å²) in [6, 6.07) is 66.6. The normalized spacial score (nSPS) is 9.91. The van der Waals surface area contributed by atoms with E-state index in [1.807, 2.05) is 78.9 Å². The first-order valence-electron chi connectivity index (χ1n) is 21.0. The second-order valence-corrected chi connectivity index (χ2v) is 14.5. The third kappa shape index (κ3) is 16.3. The van der Waals surface area contributed by atoms with Crippen molar-refractivity contribution in [1.29, 1.82) is 0 Å². The number of fused-ring (bicyclic) bond motifs is 1. The van der Waals surface area contributed by atoms with Crippen LogP contribution in [0, 0.1) is 49.4 Å². The third-order valence-corrected chi connectivity index (χ3v) is 9.72. The Labute approximate surface area is 429 Å². The summed E-state index contributed by atoms with van der Waals surface area (Å²) in [7, 11) is 0. The zero-order valence-corrected chi connectivity index (χ0v) is 38.6. The first-order chi connectivity index (χ1) is 32.2. The molecule has 331 valence electrons. The Balaban J connectivity index is 0.000000166. The van der Waals surface area contributed by atoms with Crippen LogP contribution >= 0.6 is 0 Å². The quantitative estimate of drug-likeness (QED) is 0.0815. The first kappa shape index (κ1) is 50.8. The number of para-hydroxylation sites is 2. The van der Waals surface area contributed by atoms with E-state index in [0.717, 1.165) is 16.8 Å². The summed E-state index contributed by atoms with van der Waals surface area (Å²) in [6.45, 7) is 0. The molecular formula is C57H44EuN2O7. The van der Waals surface area contributed by atoms with Crippen molar-refractivity contribution < 1.29 is 82.6 Å². The summed E-state index contributed by atoms with van der Waals surface area (Å²) in [5.41, 5.74) is 5.89. The molecule has 0 spiro atoms. The number of hydrogen-bond acceptors (Lipinski definition) is 9. The van der Waals surface area contributed by atoms with Crippen molar-refractivity contribution in [2.24, 2.45) is 0 Å². The largest absolute Gasteiger partial charge is 0.435 e. The Bertz CT molecular complexity index is 2550. The summed E-state index contributed by atoms with van der Waals surface area (Å²) in [6.07, 6.45) is 1.50. The zero-order chi connectivity index (χ0) is 46.4. The molecule has 0 aliphatic heterocycles. The monoisotopic (exact) mass is 1020 g/mol. The fourth-order valence-corrected chi connectivity index (χ4v) is 6.27. The van der Waals surface area contributed by atoms with Gasteiger partial charge in [-0.05, 0) is 24.3 Å². The molecule has 10 heteroatoms. The summed E-state index contributed by atoms with van der Waals surface area (Å²) >= 11 is 0. The number of oxazole rings is 1. The second kappa shape index (κ2) is 27.3. The van der Waals surface area contributed by atoms with Crippen LogP contribution in [0.2, 0.25) is 0 Å². The number of carbonyl (C=O) groups excluding carboxylic acids is 6. The van der Waals surface area contributed by atoms with Crippen molar-refractivity contribution >= 4 is 45.8 Å². The number of pyridine rings is 1. The molecule has 0 atom stereocenters. The Hall–Kier alpha value is -7.24. The summed E-state index contributed by atoms with van der Waals surface area (Å²) < 4.78 is 5.58. The molecule has 0 aliphatic carbocycles. The van der Waals surface area contributed by atoms with Crippen LogP contribution in [-0.2, 0) is 0 Å². The predicted octanol–water partition coefficient (Wildman–Crippen LogP) is 12.3. The SMILES string of the molecule is O=C(CC(=O)c1ccccc1)c1ccccc1.O=C(CC(=O)c1ccccc1)c1ccccc1.O=C(CC(=O)c1ccccc1)c1ccccc1.[Eu].c1ccc(-c2nc3ccccc3o2)nc1. The van der Waals surface area contributed by atoms with Crippen molar-refractivity contribution in [2.75, 3.05) is 0 Å². The van der Waals surface area contributed by atoms with Crippen molar-refractivity contribution in [3.8, 4) is 11.6 Å². The van der Waals surface area contributed by atoms with Crippen molar-refractivity contribution in [2.45, 2.75) is 19.3 Å². The van der Waals surface area contributed by atoms with Gasteiger partial charge in [0.2, 0.25) is 5.89 Å². The molecule has 67 heavy (non-hydrogen) atoms. The van der Waals surface area contributed by atoms with Crippen LogP contribution in [0.25, 0.3) is 22.7 Å². The van der Waals surface area contributed by atoms with Gasteiger partial charge >= 0.3 is 0 Å². The van der Waals surface area contributed by atoms with Gasteiger partial charge in [0, 0.05) is 89.0 Å². The van der Waals surface area contributed by atoms with Crippen molar-refractivity contribution in [3.05, 3.63) is 264 Å². The van der Waals surface area contributed by atoms with E-state index >= 15 is 0 Å². The number of hydrogen-bond donors (Lipinski definition) is 0. The van der Waals surface area contributed by atoms with E-state index in [0.29, 0.717) is 39.3 Å². The number of Topliss-reactive ketones (excluding diaryl/α,β-unsaturated/α-hetero) is 6. The molecule has 0 unspecified atom stereocenters.